The van der Waals surface area contributed by atoms with Crippen LogP contribution in [0, 0.1) is 0 Å². The molecular formula is C33H21N3. The fraction of sp³-hybridized carbons (Fsp3) is 0. The minimum atomic E-state index is 1.15. The van der Waals surface area contributed by atoms with Crippen LogP contribution in [0.15, 0.2) is 128 Å². The van der Waals surface area contributed by atoms with Crippen LogP contribution in [0.2, 0.25) is 0 Å². The maximum absolute atomic E-state index is 4.29. The van der Waals surface area contributed by atoms with E-state index in [9.17, 15) is 0 Å². The van der Waals surface area contributed by atoms with Crippen LogP contribution < -0.4 is 0 Å². The van der Waals surface area contributed by atoms with Crippen molar-refractivity contribution in [3.63, 3.8) is 0 Å². The number of pyridine rings is 1. The zero-order chi connectivity index (χ0) is 23.6. The van der Waals surface area contributed by atoms with Gasteiger partial charge in [-0.15, -0.1) is 0 Å². The summed E-state index contributed by atoms with van der Waals surface area (Å²) in [6, 6.07) is 41.6. The van der Waals surface area contributed by atoms with Crippen LogP contribution in [0.5, 0.6) is 0 Å². The monoisotopic (exact) mass is 459 g/mol. The third kappa shape index (κ3) is 2.65. The van der Waals surface area contributed by atoms with Crippen LogP contribution in [0.25, 0.3) is 65.8 Å². The van der Waals surface area contributed by atoms with Crippen LogP contribution in [0.1, 0.15) is 0 Å². The van der Waals surface area contributed by atoms with E-state index >= 15 is 0 Å². The number of hydrogen-bond donors (Lipinski definition) is 0. The van der Waals surface area contributed by atoms with Gasteiger partial charge in [-0.3, -0.25) is 4.98 Å². The van der Waals surface area contributed by atoms with Crippen LogP contribution in [-0.2, 0) is 0 Å². The molecule has 0 bridgehead atoms. The number of aromatic nitrogens is 3. The fourth-order valence-corrected chi connectivity index (χ4v) is 5.77. The highest BCUT2D eigenvalue weighted by atomic mass is 15.0. The van der Waals surface area contributed by atoms with E-state index in [1.165, 1.54) is 54.7 Å². The minimum absolute atomic E-state index is 1.15. The summed E-state index contributed by atoms with van der Waals surface area (Å²) in [4.78, 5) is 4.29. The maximum atomic E-state index is 4.29. The van der Waals surface area contributed by atoms with Crippen molar-refractivity contribution in [3.8, 4) is 11.4 Å². The zero-order valence-corrected chi connectivity index (χ0v) is 19.5. The highest BCUT2D eigenvalue weighted by Gasteiger charge is 2.18. The Hall–Kier alpha value is -4.89. The molecule has 3 nitrogen and oxygen atoms in total. The van der Waals surface area contributed by atoms with E-state index in [0.29, 0.717) is 0 Å². The molecule has 0 fully saturated rings. The Morgan fingerprint density at radius 2 is 1.06 bits per heavy atom. The van der Waals surface area contributed by atoms with E-state index in [4.69, 9.17) is 0 Å². The molecule has 8 aromatic rings. The second kappa shape index (κ2) is 7.30. The first-order valence-electron chi connectivity index (χ1n) is 12.2. The van der Waals surface area contributed by atoms with Crippen molar-refractivity contribution < 1.29 is 0 Å². The fourth-order valence-electron chi connectivity index (χ4n) is 5.77. The molecule has 0 saturated carbocycles. The number of fused-ring (bicyclic) bond motifs is 7. The van der Waals surface area contributed by atoms with Gasteiger partial charge >= 0.3 is 0 Å². The topological polar surface area (TPSA) is 22.8 Å². The lowest BCUT2D eigenvalue weighted by molar-refractivity contribution is 1.17. The average Bonchev–Trinajstić information content (AvgIpc) is 3.44. The van der Waals surface area contributed by atoms with Crippen LogP contribution >= 0.6 is 0 Å². The summed E-state index contributed by atoms with van der Waals surface area (Å²) in [6.07, 6.45) is 3.78. The lowest BCUT2D eigenvalue weighted by Gasteiger charge is -2.11. The number of para-hydroxylation sites is 3. The van der Waals surface area contributed by atoms with Crippen LogP contribution in [-0.4, -0.2) is 14.1 Å². The van der Waals surface area contributed by atoms with Crippen molar-refractivity contribution in [1.29, 1.82) is 0 Å². The van der Waals surface area contributed by atoms with Crippen molar-refractivity contribution in [2.24, 2.45) is 0 Å². The number of rotatable bonds is 2. The lowest BCUT2D eigenvalue weighted by atomic mass is 10.1. The molecule has 3 heteroatoms. The second-order valence-electron chi connectivity index (χ2n) is 9.33. The van der Waals surface area contributed by atoms with E-state index in [1.54, 1.807) is 0 Å². The Kier molecular flexibility index (Phi) is 3.94. The summed E-state index contributed by atoms with van der Waals surface area (Å²) in [5, 5.41) is 7.41. The third-order valence-electron chi connectivity index (χ3n) is 7.36. The Balaban J connectivity index is 1.55. The summed E-state index contributed by atoms with van der Waals surface area (Å²) < 4.78 is 4.79. The molecule has 0 N–H and O–H groups in total. The maximum Gasteiger partial charge on any atom is 0.0562 e. The molecule has 0 saturated heterocycles. The number of nitrogens with zero attached hydrogens (tertiary/aromatic N) is 3. The first kappa shape index (κ1) is 19.4. The molecular weight excluding hydrogens is 438 g/mol. The molecule has 0 radical (unpaired) electrons. The van der Waals surface area contributed by atoms with Crippen molar-refractivity contribution in [1.82, 2.24) is 14.1 Å². The van der Waals surface area contributed by atoms with Crippen molar-refractivity contribution in [2.75, 3.05) is 0 Å². The molecule has 0 aliphatic carbocycles. The minimum Gasteiger partial charge on any atom is -0.309 e. The van der Waals surface area contributed by atoms with E-state index < -0.39 is 0 Å². The zero-order valence-electron chi connectivity index (χ0n) is 19.5. The third-order valence-corrected chi connectivity index (χ3v) is 7.36. The van der Waals surface area contributed by atoms with Gasteiger partial charge in [0, 0.05) is 50.7 Å². The first-order valence-corrected chi connectivity index (χ1v) is 12.2. The second-order valence-corrected chi connectivity index (χ2v) is 9.33. The van der Waals surface area contributed by atoms with Gasteiger partial charge < -0.3 is 9.13 Å². The van der Waals surface area contributed by atoms with Crippen molar-refractivity contribution in [2.45, 2.75) is 0 Å². The normalized spacial score (nSPS) is 11.9. The van der Waals surface area contributed by atoms with Crippen molar-refractivity contribution in [3.05, 3.63) is 128 Å². The van der Waals surface area contributed by atoms with Gasteiger partial charge in [0.1, 0.15) is 0 Å². The number of hydrogen-bond acceptors (Lipinski definition) is 1. The molecule has 0 unspecified atom stereocenters. The Morgan fingerprint density at radius 3 is 1.78 bits per heavy atom. The van der Waals surface area contributed by atoms with E-state index in [-0.39, 0.29) is 0 Å². The molecule has 3 aromatic heterocycles. The number of benzene rings is 5. The largest absolute Gasteiger partial charge is 0.309 e. The predicted molar refractivity (Wildman–Crippen MR) is 150 cm³/mol. The van der Waals surface area contributed by atoms with Gasteiger partial charge in [-0.25, -0.2) is 0 Å². The summed E-state index contributed by atoms with van der Waals surface area (Å²) >= 11 is 0. The van der Waals surface area contributed by atoms with Crippen LogP contribution in [0.3, 0.4) is 0 Å². The van der Waals surface area contributed by atoms with Gasteiger partial charge in [0.05, 0.1) is 22.1 Å². The average molecular weight is 460 g/mol. The van der Waals surface area contributed by atoms with Crippen molar-refractivity contribution >= 4 is 54.4 Å². The Morgan fingerprint density at radius 1 is 0.417 bits per heavy atom. The van der Waals surface area contributed by atoms with E-state index in [1.807, 2.05) is 12.4 Å². The smallest absolute Gasteiger partial charge is 0.0562 e. The summed E-state index contributed by atoms with van der Waals surface area (Å²) in [5.41, 5.74) is 7.18. The first-order chi connectivity index (χ1) is 17.9. The molecule has 0 amide bonds. The molecule has 3 heterocycles. The molecule has 8 rings (SSSR count). The van der Waals surface area contributed by atoms with Gasteiger partial charge in [-0.05, 0) is 60.0 Å². The van der Waals surface area contributed by atoms with Gasteiger partial charge in [0.25, 0.3) is 0 Å². The van der Waals surface area contributed by atoms with Gasteiger partial charge in [0.15, 0.2) is 0 Å². The van der Waals surface area contributed by atoms with E-state index in [0.717, 1.165) is 11.1 Å². The molecule has 0 atom stereocenters. The van der Waals surface area contributed by atoms with Crippen LogP contribution in [0.4, 0.5) is 0 Å². The van der Waals surface area contributed by atoms with E-state index in [2.05, 4.69) is 129 Å². The molecule has 0 aliphatic rings. The highest BCUT2D eigenvalue weighted by molar-refractivity contribution is 6.19. The Bertz CT molecular complexity index is 2100. The van der Waals surface area contributed by atoms with Gasteiger partial charge in [-0.1, -0.05) is 60.7 Å². The quantitative estimate of drug-likeness (QED) is 0.254. The lowest BCUT2D eigenvalue weighted by Crippen LogP contribution is -1.96. The molecule has 5 aromatic carbocycles. The summed E-state index contributed by atoms with van der Waals surface area (Å²) in [7, 11) is 0. The molecule has 0 spiro atoms. The molecule has 168 valence electrons. The molecule has 0 aliphatic heterocycles. The highest BCUT2D eigenvalue weighted by Crippen LogP contribution is 2.39. The van der Waals surface area contributed by atoms with Gasteiger partial charge in [-0.2, -0.15) is 0 Å². The SMILES string of the molecule is c1ccc(-n2c3ccccc3c3cc4c5ccccc5n(-c5ccc6cnccc6c5)c4cc32)cc1. The summed E-state index contributed by atoms with van der Waals surface area (Å²) in [6.45, 7) is 0. The molecule has 36 heavy (non-hydrogen) atoms. The summed E-state index contributed by atoms with van der Waals surface area (Å²) in [5.74, 6) is 0. The Labute approximate surface area is 207 Å². The predicted octanol–water partition coefficient (Wildman–Crippen LogP) is 8.43. The van der Waals surface area contributed by atoms with Gasteiger partial charge in [0.2, 0.25) is 0 Å². The standard InChI is InChI=1S/C33H21N3/c1-2-8-24(9-3-1)35-30-12-6-4-10-26(30)28-19-29-27-11-5-7-13-31(27)36(33(29)20-32(28)35)25-15-14-23-21-34-17-16-22(23)18-25/h1-21H.